The number of hydrogen-bond donors (Lipinski definition) is 1. The first kappa shape index (κ1) is 9.36. The molecule has 0 spiro atoms. The molecular formula is C9H11N3OS. The van der Waals surface area contributed by atoms with Gasteiger partial charge in [-0.1, -0.05) is 5.21 Å². The molecular weight excluding hydrogens is 198 g/mol. The summed E-state index contributed by atoms with van der Waals surface area (Å²) in [6, 6.07) is 1.92. The van der Waals surface area contributed by atoms with Gasteiger partial charge in [0.15, 0.2) is 0 Å². The van der Waals surface area contributed by atoms with Crippen LogP contribution in [0.15, 0.2) is 17.6 Å². The molecule has 74 valence electrons. The third-order valence-corrected chi connectivity index (χ3v) is 2.96. The molecule has 2 heterocycles. The van der Waals surface area contributed by atoms with Gasteiger partial charge in [-0.3, -0.25) is 4.68 Å². The molecule has 0 aliphatic rings. The molecule has 1 unspecified atom stereocenters. The lowest BCUT2D eigenvalue weighted by Crippen LogP contribution is -1.99. The third kappa shape index (κ3) is 1.56. The van der Waals surface area contributed by atoms with E-state index in [4.69, 9.17) is 0 Å². The second-order valence-electron chi connectivity index (χ2n) is 3.15. The molecule has 1 atom stereocenters. The Kier molecular flexibility index (Phi) is 2.35. The van der Waals surface area contributed by atoms with Crippen LogP contribution in [0.4, 0.5) is 0 Å². The second kappa shape index (κ2) is 3.51. The first-order chi connectivity index (χ1) is 6.68. The highest BCUT2D eigenvalue weighted by molar-refractivity contribution is 7.10. The van der Waals surface area contributed by atoms with Gasteiger partial charge in [0.25, 0.3) is 0 Å². The summed E-state index contributed by atoms with van der Waals surface area (Å²) < 4.78 is 1.58. The molecule has 14 heavy (non-hydrogen) atoms. The number of aliphatic hydroxyl groups is 1. The van der Waals surface area contributed by atoms with Crippen molar-refractivity contribution < 1.29 is 5.11 Å². The zero-order chi connectivity index (χ0) is 10.1. The first-order valence-electron chi connectivity index (χ1n) is 4.27. The smallest absolute Gasteiger partial charge is 0.126 e. The Morgan fingerprint density at radius 1 is 1.57 bits per heavy atom. The average Bonchev–Trinajstić information content (AvgIpc) is 2.73. The van der Waals surface area contributed by atoms with Gasteiger partial charge >= 0.3 is 0 Å². The molecule has 0 fully saturated rings. The van der Waals surface area contributed by atoms with E-state index in [1.165, 1.54) is 0 Å². The van der Waals surface area contributed by atoms with E-state index in [2.05, 4.69) is 10.3 Å². The highest BCUT2D eigenvalue weighted by atomic mass is 32.1. The van der Waals surface area contributed by atoms with Crippen LogP contribution in [0.25, 0.3) is 0 Å². The topological polar surface area (TPSA) is 50.9 Å². The fourth-order valence-electron chi connectivity index (χ4n) is 1.33. The molecule has 0 saturated carbocycles. The zero-order valence-corrected chi connectivity index (χ0v) is 8.82. The summed E-state index contributed by atoms with van der Waals surface area (Å²) in [6.45, 7) is 1.99. The first-order valence-corrected chi connectivity index (χ1v) is 5.14. The summed E-state index contributed by atoms with van der Waals surface area (Å²) >= 11 is 1.62. The quantitative estimate of drug-likeness (QED) is 0.810. The maximum atomic E-state index is 9.97. The molecule has 4 nitrogen and oxygen atoms in total. The van der Waals surface area contributed by atoms with Crippen molar-refractivity contribution in [2.75, 3.05) is 0 Å². The van der Waals surface area contributed by atoms with Crippen LogP contribution < -0.4 is 0 Å². The van der Waals surface area contributed by atoms with Gasteiger partial charge < -0.3 is 5.11 Å². The van der Waals surface area contributed by atoms with Crippen molar-refractivity contribution in [3.05, 3.63) is 33.8 Å². The molecule has 2 rings (SSSR count). The van der Waals surface area contributed by atoms with Gasteiger partial charge in [-0.05, 0) is 18.4 Å². The van der Waals surface area contributed by atoms with E-state index in [0.717, 1.165) is 10.4 Å². The molecule has 0 aliphatic carbocycles. The number of aromatic nitrogens is 3. The number of rotatable bonds is 2. The van der Waals surface area contributed by atoms with Crippen molar-refractivity contribution in [1.29, 1.82) is 0 Å². The van der Waals surface area contributed by atoms with Gasteiger partial charge in [-0.15, -0.1) is 16.4 Å². The van der Waals surface area contributed by atoms with Crippen molar-refractivity contribution in [2.45, 2.75) is 13.0 Å². The van der Waals surface area contributed by atoms with Crippen LogP contribution in [0.3, 0.4) is 0 Å². The number of aryl methyl sites for hydroxylation is 2. The summed E-state index contributed by atoms with van der Waals surface area (Å²) in [6.07, 6.45) is 1.07. The van der Waals surface area contributed by atoms with E-state index in [1.54, 1.807) is 29.3 Å². The Hall–Kier alpha value is -1.20. The number of aliphatic hydroxyl groups excluding tert-OH is 1. The fraction of sp³-hybridized carbons (Fsp3) is 0.333. The molecule has 0 amide bonds. The van der Waals surface area contributed by atoms with E-state index in [0.29, 0.717) is 5.69 Å². The Labute approximate surface area is 85.8 Å². The predicted octanol–water partition coefficient (Wildman–Crippen LogP) is 1.27. The monoisotopic (exact) mass is 209 g/mol. The summed E-state index contributed by atoms with van der Waals surface area (Å²) in [5, 5.41) is 19.6. The van der Waals surface area contributed by atoms with Crippen molar-refractivity contribution in [3.63, 3.8) is 0 Å². The van der Waals surface area contributed by atoms with E-state index in [1.807, 2.05) is 18.4 Å². The van der Waals surface area contributed by atoms with E-state index >= 15 is 0 Å². The number of hydrogen-bond acceptors (Lipinski definition) is 4. The lowest BCUT2D eigenvalue weighted by Gasteiger charge is -2.05. The Morgan fingerprint density at radius 3 is 2.86 bits per heavy atom. The molecule has 0 radical (unpaired) electrons. The van der Waals surface area contributed by atoms with Gasteiger partial charge in [0, 0.05) is 17.5 Å². The maximum absolute atomic E-state index is 9.97. The Balaban J connectivity index is 2.33. The Bertz CT molecular complexity index is 435. The number of nitrogens with zero attached hydrogens (tertiary/aromatic N) is 3. The van der Waals surface area contributed by atoms with Crippen LogP contribution in [-0.2, 0) is 7.05 Å². The van der Waals surface area contributed by atoms with Crippen molar-refractivity contribution in [2.24, 2.45) is 7.05 Å². The van der Waals surface area contributed by atoms with Crippen molar-refractivity contribution in [3.8, 4) is 0 Å². The lowest BCUT2D eigenvalue weighted by atomic mass is 10.1. The molecule has 0 aromatic carbocycles. The molecule has 2 aromatic heterocycles. The highest BCUT2D eigenvalue weighted by Crippen LogP contribution is 2.26. The van der Waals surface area contributed by atoms with Gasteiger partial charge in [-0.25, -0.2) is 0 Å². The molecule has 0 saturated heterocycles. The molecule has 0 bridgehead atoms. The zero-order valence-electron chi connectivity index (χ0n) is 8.01. The molecule has 5 heteroatoms. The summed E-state index contributed by atoms with van der Waals surface area (Å²) in [5.74, 6) is 0. The minimum absolute atomic E-state index is 0.592. The van der Waals surface area contributed by atoms with Crippen LogP contribution >= 0.6 is 11.3 Å². The summed E-state index contributed by atoms with van der Waals surface area (Å²) in [7, 11) is 1.78. The largest absolute Gasteiger partial charge is 0.382 e. The van der Waals surface area contributed by atoms with E-state index in [9.17, 15) is 5.11 Å². The van der Waals surface area contributed by atoms with Gasteiger partial charge in [0.1, 0.15) is 11.8 Å². The van der Waals surface area contributed by atoms with Gasteiger partial charge in [-0.2, -0.15) is 0 Å². The number of thiophene rings is 1. The normalized spacial score (nSPS) is 13.1. The van der Waals surface area contributed by atoms with Crippen LogP contribution in [0.5, 0.6) is 0 Å². The van der Waals surface area contributed by atoms with Crippen molar-refractivity contribution >= 4 is 11.3 Å². The maximum Gasteiger partial charge on any atom is 0.126 e. The van der Waals surface area contributed by atoms with Crippen LogP contribution in [0.1, 0.15) is 22.2 Å². The molecule has 0 aliphatic heterocycles. The van der Waals surface area contributed by atoms with Crippen molar-refractivity contribution in [1.82, 2.24) is 15.0 Å². The SMILES string of the molecule is Cc1sccc1C(O)c1cn(C)nn1. The predicted molar refractivity (Wildman–Crippen MR) is 54.1 cm³/mol. The molecule has 1 N–H and O–H groups in total. The summed E-state index contributed by atoms with van der Waals surface area (Å²) in [5.41, 5.74) is 1.50. The van der Waals surface area contributed by atoms with Crippen LogP contribution in [-0.4, -0.2) is 20.1 Å². The van der Waals surface area contributed by atoms with Crippen LogP contribution in [0, 0.1) is 6.92 Å². The standard InChI is InChI=1S/C9H11N3OS/c1-6-7(3-4-14-6)9(13)8-5-12(2)11-10-8/h3-5,9,13H,1-2H3. The summed E-state index contributed by atoms with van der Waals surface area (Å²) in [4.78, 5) is 1.11. The second-order valence-corrected chi connectivity index (χ2v) is 4.27. The highest BCUT2D eigenvalue weighted by Gasteiger charge is 2.16. The van der Waals surface area contributed by atoms with Gasteiger partial charge in [0.2, 0.25) is 0 Å². The van der Waals surface area contributed by atoms with Crippen LogP contribution in [0.2, 0.25) is 0 Å². The third-order valence-electron chi connectivity index (χ3n) is 2.09. The fourth-order valence-corrected chi connectivity index (χ4v) is 2.06. The molecule has 2 aromatic rings. The lowest BCUT2D eigenvalue weighted by molar-refractivity contribution is 0.215. The minimum atomic E-state index is -0.657. The van der Waals surface area contributed by atoms with Gasteiger partial charge in [0.05, 0.1) is 6.20 Å². The minimum Gasteiger partial charge on any atom is -0.382 e. The average molecular weight is 209 g/mol. The van der Waals surface area contributed by atoms with E-state index < -0.39 is 6.10 Å². The Morgan fingerprint density at radius 2 is 2.36 bits per heavy atom. The van der Waals surface area contributed by atoms with E-state index in [-0.39, 0.29) is 0 Å².